The Hall–Kier alpha value is -2.15. The van der Waals surface area contributed by atoms with Crippen LogP contribution in [-0.2, 0) is 11.2 Å². The first-order valence-electron chi connectivity index (χ1n) is 6.66. The minimum absolute atomic E-state index is 0.188. The number of rotatable bonds is 4. The summed E-state index contributed by atoms with van der Waals surface area (Å²) in [6.07, 6.45) is 0.877. The molecule has 1 aromatic rings. The summed E-state index contributed by atoms with van der Waals surface area (Å²) >= 11 is 0. The lowest BCUT2D eigenvalue weighted by molar-refractivity contribution is -0.115. The molecule has 0 aromatic heterocycles. The van der Waals surface area contributed by atoms with E-state index in [-0.39, 0.29) is 11.5 Å². The Morgan fingerprint density at radius 1 is 1.50 bits per heavy atom. The Morgan fingerprint density at radius 2 is 2.30 bits per heavy atom. The van der Waals surface area contributed by atoms with Crippen LogP contribution in [0.15, 0.2) is 18.2 Å². The van der Waals surface area contributed by atoms with E-state index in [4.69, 9.17) is 9.47 Å². The highest BCUT2D eigenvalue weighted by Gasteiger charge is 2.32. The van der Waals surface area contributed by atoms with Gasteiger partial charge < -0.3 is 14.8 Å². The van der Waals surface area contributed by atoms with Gasteiger partial charge in [0.2, 0.25) is 0 Å². The number of carbonyl (C=O) groups excluding carboxylic acids is 1. The second-order valence-corrected chi connectivity index (χ2v) is 5.26. The van der Waals surface area contributed by atoms with Crippen molar-refractivity contribution in [3.8, 4) is 23.3 Å². The smallest absolute Gasteiger partial charge is 0.295 e. The van der Waals surface area contributed by atoms with Crippen molar-refractivity contribution in [2.45, 2.75) is 32.8 Å². The normalized spacial score (nSPS) is 14.6. The molecular formula is C16H19NO3. The monoisotopic (exact) mass is 273 g/mol. The summed E-state index contributed by atoms with van der Waals surface area (Å²) in [5, 5.41) is 2.66. The van der Waals surface area contributed by atoms with Crippen molar-refractivity contribution in [3.05, 3.63) is 23.8 Å². The van der Waals surface area contributed by atoms with Gasteiger partial charge >= 0.3 is 0 Å². The van der Waals surface area contributed by atoms with Crippen LogP contribution in [0.2, 0.25) is 0 Å². The molecular weight excluding hydrogens is 254 g/mol. The van der Waals surface area contributed by atoms with Crippen LogP contribution >= 0.6 is 0 Å². The summed E-state index contributed by atoms with van der Waals surface area (Å²) in [4.78, 5) is 11.2. The average molecular weight is 273 g/mol. The summed E-state index contributed by atoms with van der Waals surface area (Å²) in [7, 11) is 0. The molecule has 0 spiro atoms. The average Bonchev–Trinajstić information content (AvgIpc) is 2.69. The molecule has 0 radical (unpaired) electrons. The van der Waals surface area contributed by atoms with Crippen LogP contribution in [-0.4, -0.2) is 24.7 Å². The standard InChI is InChI=1S/C16H19NO3/c1-4-6-14(18)17-9-10-19-13-8-5-7-12-11-16(2,3)20-15(12)13/h5,7-8H,9-11H2,1-3H3,(H,17,18). The van der Waals surface area contributed by atoms with Crippen molar-refractivity contribution < 1.29 is 14.3 Å². The van der Waals surface area contributed by atoms with Crippen LogP contribution in [0, 0.1) is 11.8 Å². The number of carbonyl (C=O) groups is 1. The molecule has 106 valence electrons. The zero-order valence-corrected chi connectivity index (χ0v) is 12.1. The molecule has 0 saturated carbocycles. The van der Waals surface area contributed by atoms with E-state index in [0.717, 1.165) is 23.5 Å². The van der Waals surface area contributed by atoms with Gasteiger partial charge in [0.1, 0.15) is 12.2 Å². The number of fused-ring (bicyclic) bond motifs is 1. The number of amides is 1. The third-order valence-electron chi connectivity index (χ3n) is 2.94. The molecule has 0 fully saturated rings. The molecule has 1 amide bonds. The van der Waals surface area contributed by atoms with Crippen LogP contribution in [0.5, 0.6) is 11.5 Å². The molecule has 0 atom stereocenters. The fourth-order valence-corrected chi connectivity index (χ4v) is 2.18. The first kappa shape index (κ1) is 14.3. The number of benzene rings is 1. The Labute approximate surface area is 119 Å². The molecule has 0 bridgehead atoms. The number of hydrogen-bond donors (Lipinski definition) is 1. The van der Waals surface area contributed by atoms with Crippen LogP contribution in [0.3, 0.4) is 0 Å². The van der Waals surface area contributed by atoms with Crippen molar-refractivity contribution in [1.82, 2.24) is 5.32 Å². The Bertz CT molecular complexity index is 567. The number of ether oxygens (including phenoxy) is 2. The van der Waals surface area contributed by atoms with Crippen molar-refractivity contribution in [3.63, 3.8) is 0 Å². The van der Waals surface area contributed by atoms with E-state index in [2.05, 4.69) is 37.1 Å². The maximum Gasteiger partial charge on any atom is 0.295 e. The SMILES string of the molecule is CC#CC(=O)NCCOc1cccc2c1OC(C)(C)C2. The summed E-state index contributed by atoms with van der Waals surface area (Å²) in [5.41, 5.74) is 0.973. The van der Waals surface area contributed by atoms with Crippen molar-refractivity contribution in [2.24, 2.45) is 0 Å². The first-order valence-corrected chi connectivity index (χ1v) is 6.66. The predicted octanol–water partition coefficient (Wildman–Crippen LogP) is 1.92. The van der Waals surface area contributed by atoms with Crippen LogP contribution in [0.4, 0.5) is 0 Å². The lowest BCUT2D eigenvalue weighted by atomic mass is 10.0. The maximum absolute atomic E-state index is 11.2. The highest BCUT2D eigenvalue weighted by Crippen LogP contribution is 2.41. The summed E-state index contributed by atoms with van der Waals surface area (Å²) < 4.78 is 11.6. The molecule has 4 nitrogen and oxygen atoms in total. The second kappa shape index (κ2) is 5.87. The second-order valence-electron chi connectivity index (χ2n) is 5.26. The zero-order valence-electron chi connectivity index (χ0n) is 12.1. The van der Waals surface area contributed by atoms with Crippen LogP contribution in [0.25, 0.3) is 0 Å². The molecule has 0 saturated heterocycles. The summed E-state index contributed by atoms with van der Waals surface area (Å²) in [5.74, 6) is 6.22. The topological polar surface area (TPSA) is 47.6 Å². The molecule has 1 heterocycles. The molecule has 20 heavy (non-hydrogen) atoms. The Balaban J connectivity index is 1.90. The predicted molar refractivity (Wildman–Crippen MR) is 76.8 cm³/mol. The van der Waals surface area contributed by atoms with Gasteiger partial charge in [-0.15, -0.1) is 0 Å². The fourth-order valence-electron chi connectivity index (χ4n) is 2.18. The highest BCUT2D eigenvalue weighted by molar-refractivity contribution is 5.93. The molecule has 4 heteroatoms. The van der Waals surface area contributed by atoms with Gasteiger partial charge in [0.05, 0.1) is 6.54 Å². The number of nitrogens with one attached hydrogen (secondary N) is 1. The molecule has 0 unspecified atom stereocenters. The fraction of sp³-hybridized carbons (Fsp3) is 0.438. The molecule has 1 aliphatic rings. The number of hydrogen-bond acceptors (Lipinski definition) is 3. The van der Waals surface area contributed by atoms with E-state index in [0.29, 0.717) is 13.2 Å². The van der Waals surface area contributed by atoms with Crippen molar-refractivity contribution in [2.75, 3.05) is 13.2 Å². The van der Waals surface area contributed by atoms with Gasteiger partial charge in [-0.2, -0.15) is 0 Å². The minimum atomic E-state index is -0.285. The summed E-state index contributed by atoms with van der Waals surface area (Å²) in [6.45, 7) is 6.54. The molecule has 2 rings (SSSR count). The zero-order chi connectivity index (χ0) is 14.6. The lowest BCUT2D eigenvalue weighted by Crippen LogP contribution is -2.27. The van der Waals surface area contributed by atoms with Gasteiger partial charge in [-0.25, -0.2) is 0 Å². The van der Waals surface area contributed by atoms with Gasteiger partial charge in [0, 0.05) is 12.0 Å². The van der Waals surface area contributed by atoms with E-state index >= 15 is 0 Å². The molecule has 1 aromatic carbocycles. The molecule has 0 aliphatic carbocycles. The quantitative estimate of drug-likeness (QED) is 0.673. The van der Waals surface area contributed by atoms with Crippen molar-refractivity contribution >= 4 is 5.91 Å². The Kier molecular flexibility index (Phi) is 4.19. The molecule has 1 aliphatic heterocycles. The maximum atomic E-state index is 11.2. The van der Waals surface area contributed by atoms with Gasteiger partial charge in [-0.1, -0.05) is 18.1 Å². The van der Waals surface area contributed by atoms with E-state index in [1.807, 2.05) is 12.1 Å². The van der Waals surface area contributed by atoms with Gasteiger partial charge in [0.25, 0.3) is 5.91 Å². The Morgan fingerprint density at radius 3 is 3.05 bits per heavy atom. The van der Waals surface area contributed by atoms with Crippen LogP contribution < -0.4 is 14.8 Å². The third-order valence-corrected chi connectivity index (χ3v) is 2.94. The largest absolute Gasteiger partial charge is 0.488 e. The van der Waals surface area contributed by atoms with E-state index < -0.39 is 0 Å². The van der Waals surface area contributed by atoms with Crippen molar-refractivity contribution in [1.29, 1.82) is 0 Å². The van der Waals surface area contributed by atoms with Crippen LogP contribution in [0.1, 0.15) is 26.3 Å². The lowest BCUT2D eigenvalue weighted by Gasteiger charge is -2.18. The minimum Gasteiger partial charge on any atom is -0.488 e. The van der Waals surface area contributed by atoms with Gasteiger partial charge in [0.15, 0.2) is 11.5 Å². The van der Waals surface area contributed by atoms with E-state index in [1.54, 1.807) is 6.92 Å². The van der Waals surface area contributed by atoms with Gasteiger partial charge in [-0.05, 0) is 32.8 Å². The van der Waals surface area contributed by atoms with E-state index in [1.165, 1.54) is 0 Å². The van der Waals surface area contributed by atoms with E-state index in [9.17, 15) is 4.79 Å². The third kappa shape index (κ3) is 3.45. The highest BCUT2D eigenvalue weighted by atomic mass is 16.5. The van der Waals surface area contributed by atoms with Gasteiger partial charge in [-0.3, -0.25) is 4.79 Å². The summed E-state index contributed by atoms with van der Waals surface area (Å²) in [6, 6.07) is 5.89. The molecule has 1 N–H and O–H groups in total. The number of para-hydroxylation sites is 1. The first-order chi connectivity index (χ1) is 9.52.